The van der Waals surface area contributed by atoms with E-state index >= 15 is 0 Å². The maximum atomic E-state index is 12.2. The van der Waals surface area contributed by atoms with E-state index in [1.54, 1.807) is 0 Å². The summed E-state index contributed by atoms with van der Waals surface area (Å²) in [4.78, 5) is 12.2. The maximum absolute atomic E-state index is 12.2. The molecule has 19 heavy (non-hydrogen) atoms. The highest BCUT2D eigenvalue weighted by Crippen LogP contribution is 2.39. The van der Waals surface area contributed by atoms with Gasteiger partial charge in [0.05, 0.1) is 0 Å². The first-order chi connectivity index (χ1) is 8.97. The van der Waals surface area contributed by atoms with Gasteiger partial charge in [-0.2, -0.15) is 0 Å². The molecule has 0 radical (unpaired) electrons. The standard InChI is InChI=1S/C16H30N2O/c1-16(2,3)14-6-4-13(5-7-14)15(19)18-11-12-8-9-17-10-12/h12-14,17H,4-11H2,1-3H3,(H,18,19). The zero-order chi connectivity index (χ0) is 13.9. The molecule has 3 nitrogen and oxygen atoms in total. The molecule has 2 N–H and O–H groups in total. The lowest BCUT2D eigenvalue weighted by Crippen LogP contribution is -2.37. The molecule has 1 saturated heterocycles. The molecule has 0 aromatic rings. The van der Waals surface area contributed by atoms with Gasteiger partial charge in [-0.05, 0) is 62.4 Å². The summed E-state index contributed by atoms with van der Waals surface area (Å²) in [7, 11) is 0. The molecule has 0 aromatic carbocycles. The van der Waals surface area contributed by atoms with Crippen molar-refractivity contribution < 1.29 is 4.79 Å². The normalized spacial score (nSPS) is 32.3. The lowest BCUT2D eigenvalue weighted by Gasteiger charge is -2.36. The Balaban J connectivity index is 1.70. The van der Waals surface area contributed by atoms with E-state index in [0.717, 1.165) is 38.4 Å². The summed E-state index contributed by atoms with van der Waals surface area (Å²) in [6.07, 6.45) is 5.80. The predicted octanol–water partition coefficient (Wildman–Crippen LogP) is 2.56. The van der Waals surface area contributed by atoms with Crippen LogP contribution in [0.5, 0.6) is 0 Å². The molecule has 3 heteroatoms. The Morgan fingerprint density at radius 1 is 1.16 bits per heavy atom. The van der Waals surface area contributed by atoms with E-state index in [0.29, 0.717) is 17.2 Å². The van der Waals surface area contributed by atoms with Crippen LogP contribution in [0.25, 0.3) is 0 Å². The Morgan fingerprint density at radius 3 is 2.37 bits per heavy atom. The van der Waals surface area contributed by atoms with Gasteiger partial charge in [-0.15, -0.1) is 0 Å². The molecular weight excluding hydrogens is 236 g/mol. The summed E-state index contributed by atoms with van der Waals surface area (Å²) in [5.74, 6) is 2.01. The van der Waals surface area contributed by atoms with Crippen LogP contribution in [-0.2, 0) is 4.79 Å². The van der Waals surface area contributed by atoms with Gasteiger partial charge in [-0.3, -0.25) is 4.79 Å². The van der Waals surface area contributed by atoms with Crippen LogP contribution in [0.15, 0.2) is 0 Å². The predicted molar refractivity (Wildman–Crippen MR) is 78.9 cm³/mol. The lowest BCUT2D eigenvalue weighted by atomic mass is 9.69. The van der Waals surface area contributed by atoms with E-state index in [2.05, 4.69) is 31.4 Å². The summed E-state index contributed by atoms with van der Waals surface area (Å²) in [6, 6.07) is 0. The summed E-state index contributed by atoms with van der Waals surface area (Å²) in [5.41, 5.74) is 0.400. The molecule has 1 atom stereocenters. The van der Waals surface area contributed by atoms with Crippen LogP contribution in [0, 0.1) is 23.2 Å². The molecule has 2 aliphatic rings. The summed E-state index contributed by atoms with van der Waals surface area (Å²) < 4.78 is 0. The molecule has 1 amide bonds. The highest BCUT2D eigenvalue weighted by atomic mass is 16.1. The van der Waals surface area contributed by atoms with Crippen LogP contribution in [-0.4, -0.2) is 25.5 Å². The average Bonchev–Trinajstić information content (AvgIpc) is 2.88. The first kappa shape index (κ1) is 14.8. The molecule has 1 unspecified atom stereocenters. The largest absolute Gasteiger partial charge is 0.356 e. The zero-order valence-corrected chi connectivity index (χ0v) is 12.8. The van der Waals surface area contributed by atoms with Gasteiger partial charge < -0.3 is 10.6 Å². The van der Waals surface area contributed by atoms with Crippen molar-refractivity contribution >= 4 is 5.91 Å². The minimum Gasteiger partial charge on any atom is -0.356 e. The maximum Gasteiger partial charge on any atom is 0.223 e. The topological polar surface area (TPSA) is 41.1 Å². The molecule has 2 fully saturated rings. The summed E-state index contributed by atoms with van der Waals surface area (Å²) in [5, 5.41) is 6.52. The third kappa shape index (κ3) is 4.20. The minimum atomic E-state index is 0.271. The van der Waals surface area contributed by atoms with Crippen LogP contribution < -0.4 is 10.6 Å². The van der Waals surface area contributed by atoms with Crippen molar-refractivity contribution in [2.45, 2.75) is 52.9 Å². The number of amides is 1. The van der Waals surface area contributed by atoms with Gasteiger partial charge in [0.25, 0.3) is 0 Å². The molecule has 0 aromatic heterocycles. The van der Waals surface area contributed by atoms with E-state index in [9.17, 15) is 4.79 Å². The number of carbonyl (C=O) groups is 1. The van der Waals surface area contributed by atoms with Gasteiger partial charge in [0.1, 0.15) is 0 Å². The van der Waals surface area contributed by atoms with Crippen molar-refractivity contribution in [3.05, 3.63) is 0 Å². The smallest absolute Gasteiger partial charge is 0.223 e. The molecule has 0 spiro atoms. The minimum absolute atomic E-state index is 0.271. The lowest BCUT2D eigenvalue weighted by molar-refractivity contribution is -0.126. The molecule has 1 aliphatic heterocycles. The van der Waals surface area contributed by atoms with Crippen LogP contribution in [0.3, 0.4) is 0 Å². The Morgan fingerprint density at radius 2 is 1.84 bits per heavy atom. The highest BCUT2D eigenvalue weighted by molar-refractivity contribution is 5.78. The highest BCUT2D eigenvalue weighted by Gasteiger charge is 2.32. The summed E-state index contributed by atoms with van der Waals surface area (Å²) in [6.45, 7) is 10.0. The van der Waals surface area contributed by atoms with Gasteiger partial charge in [-0.25, -0.2) is 0 Å². The quantitative estimate of drug-likeness (QED) is 0.824. The van der Waals surface area contributed by atoms with Crippen molar-refractivity contribution in [1.29, 1.82) is 0 Å². The molecular formula is C16H30N2O. The summed E-state index contributed by atoms with van der Waals surface area (Å²) >= 11 is 0. The van der Waals surface area contributed by atoms with E-state index in [-0.39, 0.29) is 5.92 Å². The third-order valence-corrected chi connectivity index (χ3v) is 5.05. The number of hydrogen-bond acceptors (Lipinski definition) is 2. The second kappa shape index (κ2) is 6.25. The Labute approximate surface area is 117 Å². The van der Waals surface area contributed by atoms with Crippen LogP contribution in [0.4, 0.5) is 0 Å². The van der Waals surface area contributed by atoms with Gasteiger partial charge >= 0.3 is 0 Å². The fourth-order valence-corrected chi connectivity index (χ4v) is 3.50. The third-order valence-electron chi connectivity index (χ3n) is 5.05. The first-order valence-electron chi connectivity index (χ1n) is 7.95. The van der Waals surface area contributed by atoms with Gasteiger partial charge in [0.15, 0.2) is 0 Å². The van der Waals surface area contributed by atoms with Crippen molar-refractivity contribution in [3.8, 4) is 0 Å². The SMILES string of the molecule is CC(C)(C)C1CCC(C(=O)NCC2CCNC2)CC1. The van der Waals surface area contributed by atoms with E-state index in [4.69, 9.17) is 0 Å². The molecule has 2 rings (SSSR count). The second-order valence-corrected chi connectivity index (χ2v) is 7.52. The fourth-order valence-electron chi connectivity index (χ4n) is 3.50. The Hall–Kier alpha value is -0.570. The second-order valence-electron chi connectivity index (χ2n) is 7.52. The monoisotopic (exact) mass is 266 g/mol. The number of rotatable bonds is 3. The Bertz CT molecular complexity index is 294. The molecule has 1 heterocycles. The van der Waals surface area contributed by atoms with Crippen LogP contribution in [0.1, 0.15) is 52.9 Å². The molecule has 110 valence electrons. The van der Waals surface area contributed by atoms with E-state index < -0.39 is 0 Å². The van der Waals surface area contributed by atoms with Crippen molar-refractivity contribution in [3.63, 3.8) is 0 Å². The van der Waals surface area contributed by atoms with E-state index in [1.807, 2.05) is 0 Å². The number of nitrogens with one attached hydrogen (secondary N) is 2. The number of carbonyl (C=O) groups excluding carboxylic acids is 1. The zero-order valence-electron chi connectivity index (χ0n) is 12.8. The first-order valence-corrected chi connectivity index (χ1v) is 7.95. The average molecular weight is 266 g/mol. The molecule has 0 bridgehead atoms. The molecule has 1 saturated carbocycles. The van der Waals surface area contributed by atoms with Crippen LogP contribution in [0.2, 0.25) is 0 Å². The van der Waals surface area contributed by atoms with Crippen molar-refractivity contribution in [2.24, 2.45) is 23.2 Å². The van der Waals surface area contributed by atoms with Crippen molar-refractivity contribution in [1.82, 2.24) is 10.6 Å². The fraction of sp³-hybridized carbons (Fsp3) is 0.938. The molecule has 1 aliphatic carbocycles. The van der Waals surface area contributed by atoms with Gasteiger partial charge in [0, 0.05) is 12.5 Å². The van der Waals surface area contributed by atoms with Gasteiger partial charge in [0.2, 0.25) is 5.91 Å². The Kier molecular flexibility index (Phi) is 4.88. The van der Waals surface area contributed by atoms with Gasteiger partial charge in [-0.1, -0.05) is 20.8 Å². The number of hydrogen-bond donors (Lipinski definition) is 2. The van der Waals surface area contributed by atoms with E-state index in [1.165, 1.54) is 19.3 Å². The van der Waals surface area contributed by atoms with Crippen molar-refractivity contribution in [2.75, 3.05) is 19.6 Å². The van der Waals surface area contributed by atoms with Crippen LogP contribution >= 0.6 is 0 Å².